The van der Waals surface area contributed by atoms with Crippen molar-refractivity contribution in [2.75, 3.05) is 19.3 Å². The Kier molecular flexibility index (Phi) is 6.10. The molecule has 29 heavy (non-hydrogen) atoms. The van der Waals surface area contributed by atoms with Crippen molar-refractivity contribution in [2.24, 2.45) is 0 Å². The highest BCUT2D eigenvalue weighted by Crippen LogP contribution is 2.29. The van der Waals surface area contributed by atoms with Crippen LogP contribution in [-0.2, 0) is 6.54 Å². The lowest BCUT2D eigenvalue weighted by molar-refractivity contribution is 0.0703. The molecule has 3 aromatic heterocycles. The predicted molar refractivity (Wildman–Crippen MR) is 112 cm³/mol. The summed E-state index contributed by atoms with van der Waals surface area (Å²) in [6.07, 6.45) is 10.7. The molecule has 1 fully saturated rings. The number of carbonyl (C=O) groups excluding carboxylic acids is 1. The number of pyridine rings is 1. The van der Waals surface area contributed by atoms with Crippen molar-refractivity contribution >= 4 is 29.3 Å². The van der Waals surface area contributed by atoms with Gasteiger partial charge in [0.15, 0.2) is 10.9 Å². The molecule has 1 amide bonds. The van der Waals surface area contributed by atoms with E-state index in [9.17, 15) is 4.79 Å². The molecule has 0 bridgehead atoms. The Morgan fingerprint density at radius 3 is 2.76 bits per heavy atom. The van der Waals surface area contributed by atoms with Crippen LogP contribution in [0.4, 0.5) is 0 Å². The Labute approximate surface area is 178 Å². The molecule has 0 aliphatic carbocycles. The first-order valence-electron chi connectivity index (χ1n) is 9.42. The van der Waals surface area contributed by atoms with Crippen molar-refractivity contribution in [2.45, 2.75) is 30.5 Å². The molecule has 0 spiro atoms. The summed E-state index contributed by atoms with van der Waals surface area (Å²) in [6.45, 7) is 1.99. The Hall–Kier alpha value is -2.45. The van der Waals surface area contributed by atoms with Crippen LogP contribution in [-0.4, -0.2) is 54.7 Å². The van der Waals surface area contributed by atoms with Gasteiger partial charge in [-0.1, -0.05) is 29.4 Å². The quantitative estimate of drug-likeness (QED) is 0.457. The van der Waals surface area contributed by atoms with Gasteiger partial charge in [-0.3, -0.25) is 9.78 Å². The first kappa shape index (κ1) is 19.8. The van der Waals surface area contributed by atoms with Crippen LogP contribution in [0.25, 0.3) is 0 Å². The number of imidazole rings is 1. The van der Waals surface area contributed by atoms with Gasteiger partial charge < -0.3 is 9.47 Å². The molecule has 0 radical (unpaired) electrons. The molecule has 7 nitrogen and oxygen atoms in total. The van der Waals surface area contributed by atoms with Crippen LogP contribution < -0.4 is 0 Å². The zero-order chi connectivity index (χ0) is 20.2. The topological polar surface area (TPSA) is 76.8 Å². The Balaban J connectivity index is 1.43. The third-order valence-corrected chi connectivity index (χ3v) is 5.90. The van der Waals surface area contributed by atoms with Gasteiger partial charge in [0.05, 0.1) is 23.5 Å². The van der Waals surface area contributed by atoms with Crippen LogP contribution >= 0.6 is 23.4 Å². The number of amides is 1. The van der Waals surface area contributed by atoms with Gasteiger partial charge in [-0.15, -0.1) is 0 Å². The molecule has 0 atom stereocenters. The van der Waals surface area contributed by atoms with Gasteiger partial charge in [0.2, 0.25) is 0 Å². The van der Waals surface area contributed by atoms with Crippen LogP contribution in [0.2, 0.25) is 5.02 Å². The maximum absolute atomic E-state index is 12.9. The van der Waals surface area contributed by atoms with E-state index in [0.717, 1.165) is 24.4 Å². The fraction of sp³-hybridized carbons (Fsp3) is 0.350. The van der Waals surface area contributed by atoms with Gasteiger partial charge in [-0.2, -0.15) is 0 Å². The molecule has 3 aromatic rings. The van der Waals surface area contributed by atoms with Gasteiger partial charge >= 0.3 is 0 Å². The molecule has 4 rings (SSSR count). The van der Waals surface area contributed by atoms with Crippen molar-refractivity contribution in [1.82, 2.24) is 29.4 Å². The number of piperidine rings is 1. The third-order valence-electron chi connectivity index (χ3n) is 5.06. The molecule has 0 unspecified atom stereocenters. The van der Waals surface area contributed by atoms with E-state index in [1.165, 1.54) is 18.0 Å². The average molecular weight is 429 g/mol. The van der Waals surface area contributed by atoms with Crippen molar-refractivity contribution in [3.05, 3.63) is 65.2 Å². The van der Waals surface area contributed by atoms with Gasteiger partial charge in [0.25, 0.3) is 5.91 Å². The molecule has 0 N–H and O–H groups in total. The van der Waals surface area contributed by atoms with E-state index in [0.29, 0.717) is 35.7 Å². The number of carbonyl (C=O) groups is 1. The summed E-state index contributed by atoms with van der Waals surface area (Å²) in [5.74, 6) is 1.22. The average Bonchev–Trinajstić information content (AvgIpc) is 3.22. The van der Waals surface area contributed by atoms with E-state index in [4.69, 9.17) is 11.6 Å². The monoisotopic (exact) mass is 428 g/mol. The lowest BCUT2D eigenvalue weighted by Gasteiger charge is -2.32. The van der Waals surface area contributed by atoms with Crippen molar-refractivity contribution in [1.29, 1.82) is 0 Å². The number of halogens is 1. The number of nitrogens with zero attached hydrogens (tertiary/aromatic N) is 6. The lowest BCUT2D eigenvalue weighted by Crippen LogP contribution is -2.39. The second-order valence-electron chi connectivity index (χ2n) is 6.85. The highest BCUT2D eigenvalue weighted by molar-refractivity contribution is 7.98. The van der Waals surface area contributed by atoms with E-state index >= 15 is 0 Å². The zero-order valence-corrected chi connectivity index (χ0v) is 17.6. The minimum Gasteiger partial charge on any atom is -0.337 e. The molecule has 4 heterocycles. The maximum Gasteiger partial charge on any atom is 0.274 e. The van der Waals surface area contributed by atoms with Gasteiger partial charge in [-0.25, -0.2) is 15.0 Å². The standard InChI is InChI=1S/C20H21ClN6OS/c1-29-20-24-12-16(21)17(25-20)19(28)26-9-5-14(6-10-26)18-23-8-11-27(18)13-15-4-2-3-7-22-15/h2-4,7-8,11-12,14H,5-6,9-10,13H2,1H3. The van der Waals surface area contributed by atoms with E-state index in [2.05, 4.69) is 24.5 Å². The SMILES string of the molecule is CSc1ncc(Cl)c(C(=O)N2CCC(c3nccn3Cc3ccccn3)CC2)n1. The fourth-order valence-electron chi connectivity index (χ4n) is 3.57. The number of thioether (sulfide) groups is 1. The van der Waals surface area contributed by atoms with E-state index in [1.54, 1.807) is 6.20 Å². The van der Waals surface area contributed by atoms with E-state index in [-0.39, 0.29) is 11.6 Å². The Morgan fingerprint density at radius 1 is 1.21 bits per heavy atom. The lowest BCUT2D eigenvalue weighted by atomic mass is 9.95. The summed E-state index contributed by atoms with van der Waals surface area (Å²) in [7, 11) is 0. The minimum atomic E-state index is -0.136. The van der Waals surface area contributed by atoms with Gasteiger partial charge in [-0.05, 0) is 31.2 Å². The minimum absolute atomic E-state index is 0.136. The fourth-order valence-corrected chi connectivity index (χ4v) is 4.08. The van der Waals surface area contributed by atoms with Crippen LogP contribution in [0, 0.1) is 0 Å². The van der Waals surface area contributed by atoms with E-state index < -0.39 is 0 Å². The summed E-state index contributed by atoms with van der Waals surface area (Å²) in [5, 5.41) is 0.838. The number of hydrogen-bond acceptors (Lipinski definition) is 6. The molecular weight excluding hydrogens is 408 g/mol. The highest BCUT2D eigenvalue weighted by atomic mass is 35.5. The van der Waals surface area contributed by atoms with Crippen molar-refractivity contribution < 1.29 is 4.79 Å². The largest absolute Gasteiger partial charge is 0.337 e. The Bertz CT molecular complexity index is 988. The molecule has 1 aliphatic heterocycles. The summed E-state index contributed by atoms with van der Waals surface area (Å²) in [5.41, 5.74) is 1.28. The molecule has 0 saturated carbocycles. The smallest absolute Gasteiger partial charge is 0.274 e. The number of hydrogen-bond donors (Lipinski definition) is 0. The first-order chi connectivity index (χ1) is 14.2. The van der Waals surface area contributed by atoms with Crippen LogP contribution in [0.1, 0.15) is 40.8 Å². The van der Waals surface area contributed by atoms with Crippen molar-refractivity contribution in [3.8, 4) is 0 Å². The molecular formula is C20H21ClN6OS. The number of aromatic nitrogens is 5. The second kappa shape index (κ2) is 8.92. The van der Waals surface area contributed by atoms with E-state index in [1.807, 2.05) is 41.7 Å². The van der Waals surface area contributed by atoms with Gasteiger partial charge in [0, 0.05) is 37.6 Å². The molecule has 1 saturated heterocycles. The molecule has 1 aliphatic rings. The molecule has 150 valence electrons. The van der Waals surface area contributed by atoms with Crippen LogP contribution in [0.3, 0.4) is 0 Å². The van der Waals surface area contributed by atoms with Crippen LogP contribution in [0.5, 0.6) is 0 Å². The second-order valence-corrected chi connectivity index (χ2v) is 8.03. The summed E-state index contributed by atoms with van der Waals surface area (Å²) in [4.78, 5) is 32.1. The van der Waals surface area contributed by atoms with Crippen molar-refractivity contribution in [3.63, 3.8) is 0 Å². The Morgan fingerprint density at radius 2 is 2.03 bits per heavy atom. The summed E-state index contributed by atoms with van der Waals surface area (Å²) < 4.78 is 2.15. The zero-order valence-electron chi connectivity index (χ0n) is 16.0. The predicted octanol–water partition coefficient (Wildman–Crippen LogP) is 3.51. The molecule has 9 heteroatoms. The van der Waals surface area contributed by atoms with Crippen LogP contribution in [0.15, 0.2) is 48.1 Å². The summed E-state index contributed by atoms with van der Waals surface area (Å²) in [6, 6.07) is 5.92. The normalized spacial score (nSPS) is 14.9. The number of likely N-dealkylation sites (tertiary alicyclic amines) is 1. The maximum atomic E-state index is 12.9. The third kappa shape index (κ3) is 4.43. The number of rotatable bonds is 5. The van der Waals surface area contributed by atoms with Gasteiger partial charge in [0.1, 0.15) is 5.82 Å². The first-order valence-corrected chi connectivity index (χ1v) is 11.0. The summed E-state index contributed by atoms with van der Waals surface area (Å²) >= 11 is 7.56. The highest BCUT2D eigenvalue weighted by Gasteiger charge is 2.28. The molecule has 0 aromatic carbocycles.